The van der Waals surface area contributed by atoms with Gasteiger partial charge >= 0.3 is 5.97 Å². The predicted molar refractivity (Wildman–Crippen MR) is 150 cm³/mol. The Bertz CT molecular complexity index is 965. The fraction of sp³-hybridized carbons (Fsp3) is 0.767. The van der Waals surface area contributed by atoms with E-state index in [2.05, 4.69) is 33.9 Å². The van der Waals surface area contributed by atoms with Gasteiger partial charge in [-0.15, -0.1) is 0 Å². The van der Waals surface area contributed by atoms with Gasteiger partial charge in [0, 0.05) is 18.1 Å². The molecule has 2 heterocycles. The van der Waals surface area contributed by atoms with E-state index in [1.54, 1.807) is 7.11 Å². The van der Waals surface area contributed by atoms with E-state index in [4.69, 9.17) is 32.8 Å². The van der Waals surface area contributed by atoms with Crippen molar-refractivity contribution >= 4 is 14.3 Å². The maximum absolute atomic E-state index is 12.4. The molecule has 9 heteroatoms. The van der Waals surface area contributed by atoms with Crippen LogP contribution < -0.4 is 0 Å². The Labute approximate surface area is 235 Å². The van der Waals surface area contributed by atoms with Crippen molar-refractivity contribution in [2.24, 2.45) is 10.8 Å². The maximum Gasteiger partial charge on any atom is 0.311 e. The molecule has 0 radical (unpaired) electrons. The van der Waals surface area contributed by atoms with Crippen LogP contribution in [-0.2, 0) is 37.6 Å². The number of esters is 1. The first-order chi connectivity index (χ1) is 18.2. The van der Waals surface area contributed by atoms with Gasteiger partial charge in [0.15, 0.2) is 20.9 Å². The quantitative estimate of drug-likeness (QED) is 0.283. The minimum atomic E-state index is -2.24. The SMILES string of the molecule is CO[C@H]1O[C@@H]2CO[C@@H](c3ccccc3)O[C@H]2[C@@H](OCC2(COC(=O)C(C)(C)C)CC2)[C@@H]1O[Si](C)(C)C(C)(C)C. The molecule has 220 valence electrons. The number of benzene rings is 1. The topological polar surface area (TPSA) is 81.7 Å². The van der Waals surface area contributed by atoms with Crippen molar-refractivity contribution in [3.05, 3.63) is 35.9 Å². The average molecular weight is 565 g/mol. The molecule has 3 aliphatic rings. The minimum Gasteiger partial charge on any atom is -0.465 e. The number of ether oxygens (including phenoxy) is 6. The first-order valence-electron chi connectivity index (χ1n) is 14.1. The number of methoxy groups -OCH3 is 1. The van der Waals surface area contributed by atoms with Crippen molar-refractivity contribution in [3.63, 3.8) is 0 Å². The molecule has 2 saturated heterocycles. The van der Waals surface area contributed by atoms with Crippen LogP contribution in [0, 0.1) is 10.8 Å². The number of hydrogen-bond donors (Lipinski definition) is 0. The van der Waals surface area contributed by atoms with Crippen LogP contribution in [0.5, 0.6) is 0 Å². The minimum absolute atomic E-state index is 0.0192. The molecule has 39 heavy (non-hydrogen) atoms. The Morgan fingerprint density at radius 1 is 1.00 bits per heavy atom. The van der Waals surface area contributed by atoms with Gasteiger partial charge in [0.1, 0.15) is 24.4 Å². The summed E-state index contributed by atoms with van der Waals surface area (Å²) in [4.78, 5) is 12.4. The van der Waals surface area contributed by atoms with Gasteiger partial charge in [-0.2, -0.15) is 0 Å². The van der Waals surface area contributed by atoms with Gasteiger partial charge in [-0.05, 0) is 51.7 Å². The second-order valence-electron chi connectivity index (χ2n) is 13.9. The summed E-state index contributed by atoms with van der Waals surface area (Å²) in [7, 11) is -0.602. The second kappa shape index (κ2) is 11.5. The number of fused-ring (bicyclic) bond motifs is 1. The summed E-state index contributed by atoms with van der Waals surface area (Å²) in [5.74, 6) is -0.197. The fourth-order valence-corrected chi connectivity index (χ4v) is 5.84. The van der Waals surface area contributed by atoms with E-state index < -0.39 is 44.6 Å². The zero-order valence-corrected chi connectivity index (χ0v) is 26.2. The van der Waals surface area contributed by atoms with Crippen molar-refractivity contribution in [1.82, 2.24) is 0 Å². The molecule has 3 fully saturated rings. The lowest BCUT2D eigenvalue weighted by Crippen LogP contribution is -2.66. The van der Waals surface area contributed by atoms with Gasteiger partial charge in [-0.3, -0.25) is 4.79 Å². The molecule has 1 saturated carbocycles. The molecule has 0 unspecified atom stereocenters. The third-order valence-electron chi connectivity index (χ3n) is 8.49. The van der Waals surface area contributed by atoms with E-state index in [1.165, 1.54) is 0 Å². The zero-order valence-electron chi connectivity index (χ0n) is 25.2. The Hall–Kier alpha value is -1.33. The molecular weight excluding hydrogens is 516 g/mol. The summed E-state index contributed by atoms with van der Waals surface area (Å²) in [6.45, 7) is 17.8. The van der Waals surface area contributed by atoms with Crippen LogP contribution in [0.2, 0.25) is 18.1 Å². The predicted octanol–water partition coefficient (Wildman–Crippen LogP) is 5.62. The molecule has 8 nitrogen and oxygen atoms in total. The van der Waals surface area contributed by atoms with Gasteiger partial charge in [0.2, 0.25) is 0 Å². The summed E-state index contributed by atoms with van der Waals surface area (Å²) in [5.41, 5.74) is 0.210. The van der Waals surface area contributed by atoms with Gasteiger partial charge in [-0.1, -0.05) is 51.1 Å². The summed E-state index contributed by atoms with van der Waals surface area (Å²) < 4.78 is 44.2. The van der Waals surface area contributed by atoms with E-state index in [1.807, 2.05) is 51.1 Å². The van der Waals surface area contributed by atoms with Crippen LogP contribution in [0.1, 0.15) is 66.2 Å². The lowest BCUT2D eigenvalue weighted by atomic mass is 9.97. The Morgan fingerprint density at radius 2 is 1.67 bits per heavy atom. The number of carbonyl (C=O) groups is 1. The summed E-state index contributed by atoms with van der Waals surface area (Å²) in [6, 6.07) is 9.90. The van der Waals surface area contributed by atoms with Crippen molar-refractivity contribution in [1.29, 1.82) is 0 Å². The first-order valence-corrected chi connectivity index (χ1v) is 17.0. The van der Waals surface area contributed by atoms with E-state index >= 15 is 0 Å². The second-order valence-corrected chi connectivity index (χ2v) is 18.7. The zero-order chi connectivity index (χ0) is 28.6. The highest BCUT2D eigenvalue weighted by Gasteiger charge is 2.55. The average Bonchev–Trinajstić information content (AvgIpc) is 3.65. The van der Waals surface area contributed by atoms with Crippen LogP contribution in [0.3, 0.4) is 0 Å². The monoisotopic (exact) mass is 564 g/mol. The van der Waals surface area contributed by atoms with Crippen molar-refractivity contribution in [3.8, 4) is 0 Å². The molecule has 0 aromatic heterocycles. The molecule has 0 N–H and O–H groups in total. The van der Waals surface area contributed by atoms with Crippen molar-refractivity contribution in [2.45, 2.75) is 110 Å². The maximum atomic E-state index is 12.4. The molecule has 0 spiro atoms. The van der Waals surface area contributed by atoms with E-state index in [9.17, 15) is 4.79 Å². The molecule has 1 aromatic carbocycles. The molecule has 1 aromatic rings. The number of carbonyl (C=O) groups excluding carboxylic acids is 1. The van der Waals surface area contributed by atoms with Gasteiger partial charge in [-0.25, -0.2) is 0 Å². The molecule has 0 bridgehead atoms. The van der Waals surface area contributed by atoms with E-state index in [0.717, 1.165) is 18.4 Å². The molecule has 6 atom stereocenters. The molecule has 1 aliphatic carbocycles. The highest BCUT2D eigenvalue weighted by Crippen LogP contribution is 2.48. The Morgan fingerprint density at radius 3 is 2.23 bits per heavy atom. The lowest BCUT2D eigenvalue weighted by molar-refractivity contribution is -0.361. The third-order valence-corrected chi connectivity index (χ3v) is 13.0. The van der Waals surface area contributed by atoms with Gasteiger partial charge in [0.05, 0.1) is 25.2 Å². The van der Waals surface area contributed by atoms with Crippen LogP contribution >= 0.6 is 0 Å². The Kier molecular flexibility index (Phi) is 9.04. The van der Waals surface area contributed by atoms with Crippen molar-refractivity contribution < 1.29 is 37.6 Å². The number of rotatable bonds is 9. The molecule has 0 amide bonds. The van der Waals surface area contributed by atoms with Crippen LogP contribution in [0.4, 0.5) is 0 Å². The summed E-state index contributed by atoms with van der Waals surface area (Å²) >= 11 is 0. The standard InChI is InChI=1S/C30H48O8Si/c1-28(2,3)27(31)35-19-30(15-16-30)18-34-23-22-21(17-33-25(37-22)20-13-11-10-12-14-20)36-26(32-7)24(23)38-39(8,9)29(4,5)6/h10-14,21-26H,15-19H2,1-9H3/t21-,22-,23-,24+,25-,26+/m1/s1. The van der Waals surface area contributed by atoms with Crippen LogP contribution in [0.25, 0.3) is 0 Å². The molecule has 2 aliphatic heterocycles. The normalized spacial score (nSPS) is 30.9. The summed E-state index contributed by atoms with van der Waals surface area (Å²) in [6.07, 6.45) is -0.990. The van der Waals surface area contributed by atoms with Gasteiger partial charge < -0.3 is 32.8 Å². The highest BCUT2D eigenvalue weighted by molar-refractivity contribution is 6.74. The van der Waals surface area contributed by atoms with E-state index in [0.29, 0.717) is 19.8 Å². The summed E-state index contributed by atoms with van der Waals surface area (Å²) in [5, 5.41) is -0.0192. The highest BCUT2D eigenvalue weighted by atomic mass is 28.4. The van der Waals surface area contributed by atoms with Crippen LogP contribution in [-0.4, -0.2) is 71.9 Å². The lowest BCUT2D eigenvalue weighted by Gasteiger charge is -2.51. The smallest absolute Gasteiger partial charge is 0.311 e. The molecular formula is C30H48O8Si. The number of hydrogen-bond acceptors (Lipinski definition) is 8. The third kappa shape index (κ3) is 7.12. The fourth-order valence-electron chi connectivity index (χ4n) is 4.56. The molecule has 4 rings (SSSR count). The van der Waals surface area contributed by atoms with Crippen LogP contribution in [0.15, 0.2) is 30.3 Å². The largest absolute Gasteiger partial charge is 0.465 e. The van der Waals surface area contributed by atoms with Gasteiger partial charge in [0.25, 0.3) is 0 Å². The van der Waals surface area contributed by atoms with E-state index in [-0.39, 0.29) is 22.5 Å². The first kappa shape index (κ1) is 30.6. The van der Waals surface area contributed by atoms with Crippen molar-refractivity contribution in [2.75, 3.05) is 26.9 Å². The Balaban J connectivity index is 1.57.